The van der Waals surface area contributed by atoms with Gasteiger partial charge in [-0.05, 0) is 38.1 Å². The largest absolute Gasteiger partial charge is 0.272 e. The van der Waals surface area contributed by atoms with E-state index < -0.39 is 0 Å². The predicted octanol–water partition coefficient (Wildman–Crippen LogP) is 4.86. The van der Waals surface area contributed by atoms with Crippen LogP contribution >= 0.6 is 23.1 Å². The highest BCUT2D eigenvalue weighted by Crippen LogP contribution is 2.28. The minimum absolute atomic E-state index is 0.180. The molecule has 0 aliphatic carbocycles. The van der Waals surface area contributed by atoms with Crippen LogP contribution in [-0.2, 0) is 4.79 Å². The summed E-state index contributed by atoms with van der Waals surface area (Å²) in [5, 5.41) is 13.4. The maximum Gasteiger partial charge on any atom is 0.250 e. The maximum absolute atomic E-state index is 12.3. The molecule has 0 saturated carbocycles. The number of hydrogen-bond acceptors (Lipinski definition) is 6. The molecule has 4 aromatic rings. The Labute approximate surface area is 189 Å². The Morgan fingerprint density at radius 1 is 1.06 bits per heavy atom. The van der Waals surface area contributed by atoms with E-state index in [0.717, 1.165) is 22.0 Å². The molecule has 6 nitrogen and oxygen atoms in total. The number of carbonyl (C=O) groups excluding carboxylic acids is 1. The van der Waals surface area contributed by atoms with E-state index in [1.807, 2.05) is 85.1 Å². The van der Waals surface area contributed by atoms with E-state index >= 15 is 0 Å². The van der Waals surface area contributed by atoms with Crippen molar-refractivity contribution in [3.05, 3.63) is 82.0 Å². The van der Waals surface area contributed by atoms with E-state index in [2.05, 4.69) is 20.7 Å². The minimum Gasteiger partial charge on any atom is -0.272 e. The summed E-state index contributed by atoms with van der Waals surface area (Å²) in [5.74, 6) is 0.715. The van der Waals surface area contributed by atoms with Crippen molar-refractivity contribution in [3.8, 4) is 17.1 Å². The van der Waals surface area contributed by atoms with Crippen LogP contribution in [0.5, 0.6) is 0 Å². The number of hydrogen-bond donors (Lipinski definition) is 1. The summed E-state index contributed by atoms with van der Waals surface area (Å²) in [6.45, 7) is 4.08. The Kier molecular flexibility index (Phi) is 6.59. The van der Waals surface area contributed by atoms with Crippen molar-refractivity contribution in [1.82, 2.24) is 20.2 Å². The number of amides is 1. The molecular formula is C23H21N5OS2. The molecule has 0 aliphatic rings. The number of aryl methyl sites for hydroxylation is 2. The van der Waals surface area contributed by atoms with Crippen LogP contribution in [0.3, 0.4) is 0 Å². The first-order valence-electron chi connectivity index (χ1n) is 9.69. The molecular weight excluding hydrogens is 426 g/mol. The molecule has 2 aromatic heterocycles. The second-order valence-corrected chi connectivity index (χ2v) is 9.14. The van der Waals surface area contributed by atoms with Crippen LogP contribution < -0.4 is 5.43 Å². The molecule has 0 saturated heterocycles. The van der Waals surface area contributed by atoms with Gasteiger partial charge in [0.2, 0.25) is 0 Å². The maximum atomic E-state index is 12.3. The van der Waals surface area contributed by atoms with Crippen molar-refractivity contribution in [2.75, 3.05) is 5.75 Å². The van der Waals surface area contributed by atoms with Crippen molar-refractivity contribution in [2.45, 2.75) is 19.0 Å². The Hall–Kier alpha value is -3.23. The van der Waals surface area contributed by atoms with E-state index in [9.17, 15) is 4.79 Å². The molecule has 0 atom stereocenters. The smallest absolute Gasteiger partial charge is 0.250 e. The van der Waals surface area contributed by atoms with Gasteiger partial charge in [0.15, 0.2) is 11.0 Å². The SMILES string of the molecule is Cc1ccc(-n2c(SCC(=O)NN=Cc3ccc(C)s3)nnc2-c2ccccc2)cc1. The zero-order valence-corrected chi connectivity index (χ0v) is 18.8. The fourth-order valence-electron chi connectivity index (χ4n) is 2.92. The topological polar surface area (TPSA) is 72.2 Å². The highest BCUT2D eigenvalue weighted by atomic mass is 32.2. The standard InChI is InChI=1S/C23H21N5OS2/c1-16-8-11-19(12-9-16)28-22(18-6-4-3-5-7-18)26-27-23(28)30-15-21(29)25-24-14-20-13-10-17(2)31-20/h3-14H,15H2,1-2H3,(H,25,29). The van der Waals surface area contributed by atoms with E-state index in [0.29, 0.717) is 5.16 Å². The third kappa shape index (κ3) is 5.28. The van der Waals surface area contributed by atoms with Crippen molar-refractivity contribution in [1.29, 1.82) is 0 Å². The lowest BCUT2D eigenvalue weighted by Crippen LogP contribution is -2.19. The van der Waals surface area contributed by atoms with Gasteiger partial charge in [0.05, 0.1) is 12.0 Å². The molecule has 2 aromatic carbocycles. The second kappa shape index (κ2) is 9.72. The quantitative estimate of drug-likeness (QED) is 0.250. The molecule has 8 heteroatoms. The number of thiophene rings is 1. The van der Waals surface area contributed by atoms with Crippen molar-refractivity contribution in [3.63, 3.8) is 0 Å². The van der Waals surface area contributed by atoms with Gasteiger partial charge in [-0.1, -0.05) is 59.8 Å². The molecule has 0 aliphatic heterocycles. The Bertz CT molecular complexity index is 1200. The summed E-state index contributed by atoms with van der Waals surface area (Å²) >= 11 is 2.95. The van der Waals surface area contributed by atoms with Crippen LogP contribution in [-0.4, -0.2) is 32.6 Å². The molecule has 156 valence electrons. The first-order chi connectivity index (χ1) is 15.1. The van der Waals surface area contributed by atoms with Gasteiger partial charge in [0, 0.05) is 21.0 Å². The molecule has 1 amide bonds. The van der Waals surface area contributed by atoms with Crippen molar-refractivity contribution in [2.24, 2.45) is 5.10 Å². The number of benzene rings is 2. The average Bonchev–Trinajstić information content (AvgIpc) is 3.39. The average molecular weight is 448 g/mol. The summed E-state index contributed by atoms with van der Waals surface area (Å²) in [4.78, 5) is 14.5. The Morgan fingerprint density at radius 3 is 2.55 bits per heavy atom. The Morgan fingerprint density at radius 2 is 1.84 bits per heavy atom. The summed E-state index contributed by atoms with van der Waals surface area (Å²) in [7, 11) is 0. The van der Waals surface area contributed by atoms with Gasteiger partial charge in [-0.15, -0.1) is 21.5 Å². The van der Waals surface area contributed by atoms with E-state index in [-0.39, 0.29) is 11.7 Å². The lowest BCUT2D eigenvalue weighted by molar-refractivity contribution is -0.118. The minimum atomic E-state index is -0.200. The zero-order valence-electron chi connectivity index (χ0n) is 17.1. The van der Waals surface area contributed by atoms with Crippen LogP contribution in [0.4, 0.5) is 0 Å². The van der Waals surface area contributed by atoms with E-state index in [4.69, 9.17) is 0 Å². The Balaban J connectivity index is 1.51. The normalized spacial score (nSPS) is 11.2. The number of carbonyl (C=O) groups is 1. The highest BCUT2D eigenvalue weighted by molar-refractivity contribution is 7.99. The molecule has 0 spiro atoms. The third-order valence-corrected chi connectivity index (χ3v) is 6.30. The molecule has 2 heterocycles. The molecule has 4 rings (SSSR count). The third-order valence-electron chi connectivity index (χ3n) is 4.43. The summed E-state index contributed by atoms with van der Waals surface area (Å²) < 4.78 is 1.98. The monoisotopic (exact) mass is 447 g/mol. The number of nitrogens with one attached hydrogen (secondary N) is 1. The van der Waals surface area contributed by atoms with Gasteiger partial charge in [-0.3, -0.25) is 9.36 Å². The lowest BCUT2D eigenvalue weighted by Gasteiger charge is -2.10. The highest BCUT2D eigenvalue weighted by Gasteiger charge is 2.17. The van der Waals surface area contributed by atoms with Crippen molar-refractivity contribution < 1.29 is 4.79 Å². The molecule has 31 heavy (non-hydrogen) atoms. The van der Waals surface area contributed by atoms with Crippen LogP contribution in [0.2, 0.25) is 0 Å². The lowest BCUT2D eigenvalue weighted by atomic mass is 10.2. The van der Waals surface area contributed by atoms with Crippen LogP contribution in [0, 0.1) is 13.8 Å². The molecule has 0 fully saturated rings. The van der Waals surface area contributed by atoms with Gasteiger partial charge in [-0.25, -0.2) is 5.43 Å². The molecule has 0 unspecified atom stereocenters. The number of hydrazone groups is 1. The summed E-state index contributed by atoms with van der Waals surface area (Å²) in [6.07, 6.45) is 1.66. The van der Waals surface area contributed by atoms with Crippen LogP contribution in [0.15, 0.2) is 77.0 Å². The molecule has 0 radical (unpaired) electrons. The van der Waals surface area contributed by atoms with Gasteiger partial charge >= 0.3 is 0 Å². The number of rotatable bonds is 7. The van der Waals surface area contributed by atoms with Gasteiger partial charge < -0.3 is 0 Å². The first kappa shape index (κ1) is 21.0. The molecule has 0 bridgehead atoms. The van der Waals surface area contributed by atoms with E-state index in [1.54, 1.807) is 17.6 Å². The van der Waals surface area contributed by atoms with Crippen LogP contribution in [0.1, 0.15) is 15.3 Å². The van der Waals surface area contributed by atoms with Gasteiger partial charge in [0.1, 0.15) is 0 Å². The molecule has 1 N–H and O–H groups in total. The fraction of sp³-hybridized carbons (Fsp3) is 0.130. The summed E-state index contributed by atoms with van der Waals surface area (Å²) in [5.41, 5.74) is 5.65. The van der Waals surface area contributed by atoms with Crippen LogP contribution in [0.25, 0.3) is 17.1 Å². The number of aromatic nitrogens is 3. The van der Waals surface area contributed by atoms with Gasteiger partial charge in [-0.2, -0.15) is 5.10 Å². The predicted molar refractivity (Wildman–Crippen MR) is 127 cm³/mol. The zero-order chi connectivity index (χ0) is 21.6. The fourth-order valence-corrected chi connectivity index (χ4v) is 4.41. The second-order valence-electron chi connectivity index (χ2n) is 6.87. The van der Waals surface area contributed by atoms with Gasteiger partial charge in [0.25, 0.3) is 5.91 Å². The summed E-state index contributed by atoms with van der Waals surface area (Å²) in [6, 6.07) is 22.0. The number of thioether (sulfide) groups is 1. The van der Waals surface area contributed by atoms with E-state index in [1.165, 1.54) is 22.2 Å². The number of nitrogens with zero attached hydrogens (tertiary/aromatic N) is 4. The van der Waals surface area contributed by atoms with Crippen molar-refractivity contribution >= 4 is 35.2 Å². The first-order valence-corrected chi connectivity index (χ1v) is 11.5.